The normalized spacial score (nSPS) is 11.3. The van der Waals surface area contributed by atoms with E-state index in [9.17, 15) is 0 Å². The molecule has 0 saturated carbocycles. The molecule has 4 nitrogen and oxygen atoms in total. The third-order valence-corrected chi connectivity index (χ3v) is 16.5. The summed E-state index contributed by atoms with van der Waals surface area (Å²) in [4.78, 5) is 9.90. The minimum absolute atomic E-state index is 1.15. The van der Waals surface area contributed by atoms with Crippen molar-refractivity contribution in [1.29, 1.82) is 0 Å². The van der Waals surface area contributed by atoms with Gasteiger partial charge in [-0.05, 0) is 334 Å². The Morgan fingerprint density at radius 2 is 0.289 bits per heavy atom. The average Bonchev–Trinajstić information content (AvgIpc) is 3.39. The minimum atomic E-state index is 1.15. The van der Waals surface area contributed by atoms with Gasteiger partial charge in [-0.15, -0.1) is 0 Å². The summed E-state index contributed by atoms with van der Waals surface area (Å²) in [5, 5.41) is 0. The molecule has 0 N–H and O–H groups in total. The lowest BCUT2D eigenvalue weighted by Gasteiger charge is -2.35. The highest BCUT2D eigenvalue weighted by molar-refractivity contribution is 5.91. The molecule has 386 valence electrons. The van der Waals surface area contributed by atoms with Crippen LogP contribution >= 0.6 is 0 Å². The second-order valence-corrected chi connectivity index (χ2v) is 22.2. The molecule has 76 heavy (non-hydrogen) atoms. The van der Waals surface area contributed by atoms with Crippen LogP contribution in [0.5, 0.6) is 0 Å². The minimum Gasteiger partial charge on any atom is -0.310 e. The maximum absolute atomic E-state index is 2.55. The Labute approximate surface area is 455 Å². The molecular weight excluding hydrogens is 921 g/mol. The molecule has 0 radical (unpaired) electrons. The molecule has 0 aliphatic rings. The van der Waals surface area contributed by atoms with E-state index in [2.05, 4.69) is 290 Å². The fourth-order valence-corrected chi connectivity index (χ4v) is 10.7. The number of benzene rings is 9. The van der Waals surface area contributed by atoms with Crippen LogP contribution in [0.25, 0.3) is 0 Å². The molecule has 0 spiro atoms. The van der Waals surface area contributed by atoms with Crippen LogP contribution in [-0.2, 0) is 0 Å². The molecule has 0 atom stereocenters. The van der Waals surface area contributed by atoms with Crippen LogP contribution < -0.4 is 19.6 Å². The summed E-state index contributed by atoms with van der Waals surface area (Å²) in [6.07, 6.45) is 0. The SMILES string of the molecule is Cc1ccc(N(c2ccc(C)c(C)c2)c2cc(C)c(N(c3cc(C)c(N(c4ccc(C)c(C)c4)c4ccc(C)c(C)c4)cc3C)c3cc(C)c(N(c4ccc(C)c(C)c4)c4ccc(C)c(C)c4)cc3C)cc2C)cc1C. The topological polar surface area (TPSA) is 13.0 Å². The first-order chi connectivity index (χ1) is 36.1. The maximum Gasteiger partial charge on any atom is 0.0495 e. The predicted molar refractivity (Wildman–Crippen MR) is 330 cm³/mol. The number of rotatable bonds is 12. The van der Waals surface area contributed by atoms with Crippen LogP contribution in [0.4, 0.5) is 68.2 Å². The van der Waals surface area contributed by atoms with Gasteiger partial charge in [0.05, 0.1) is 0 Å². The summed E-state index contributed by atoms with van der Waals surface area (Å²) in [7, 11) is 0. The fraction of sp³-hybridized carbons (Fsp3) is 0.250. The van der Waals surface area contributed by atoms with Gasteiger partial charge in [0.15, 0.2) is 0 Å². The van der Waals surface area contributed by atoms with Crippen molar-refractivity contribution in [2.75, 3.05) is 19.6 Å². The molecule has 0 heterocycles. The van der Waals surface area contributed by atoms with Crippen LogP contribution in [0.2, 0.25) is 0 Å². The van der Waals surface area contributed by atoms with Crippen molar-refractivity contribution in [3.8, 4) is 0 Å². The molecular formula is C72H78N4. The van der Waals surface area contributed by atoms with Crippen molar-refractivity contribution in [3.63, 3.8) is 0 Å². The first-order valence-electron chi connectivity index (χ1n) is 27.1. The molecule has 0 fully saturated rings. The Morgan fingerprint density at radius 1 is 0.145 bits per heavy atom. The molecule has 0 aliphatic carbocycles. The Hall–Kier alpha value is -7.82. The summed E-state index contributed by atoms with van der Waals surface area (Å²) >= 11 is 0. The van der Waals surface area contributed by atoms with E-state index < -0.39 is 0 Å². The Balaban J connectivity index is 1.28. The first-order valence-corrected chi connectivity index (χ1v) is 27.1. The highest BCUT2D eigenvalue weighted by Crippen LogP contribution is 2.49. The highest BCUT2D eigenvalue weighted by Gasteiger charge is 2.27. The Bertz CT molecular complexity index is 3180. The molecule has 0 saturated heterocycles. The van der Waals surface area contributed by atoms with Gasteiger partial charge in [-0.3, -0.25) is 0 Å². The van der Waals surface area contributed by atoms with Crippen molar-refractivity contribution >= 4 is 68.2 Å². The van der Waals surface area contributed by atoms with E-state index in [1.165, 1.54) is 100 Å². The highest BCUT2D eigenvalue weighted by atomic mass is 15.2. The number of nitrogens with zero attached hydrogens (tertiary/aromatic N) is 4. The monoisotopic (exact) mass is 999 g/mol. The molecule has 0 bridgehead atoms. The second-order valence-electron chi connectivity index (χ2n) is 22.2. The van der Waals surface area contributed by atoms with Gasteiger partial charge >= 0.3 is 0 Å². The lowest BCUT2D eigenvalue weighted by atomic mass is 9.98. The van der Waals surface area contributed by atoms with Gasteiger partial charge < -0.3 is 19.6 Å². The van der Waals surface area contributed by atoms with Gasteiger partial charge in [0.2, 0.25) is 0 Å². The van der Waals surface area contributed by atoms with Gasteiger partial charge in [-0.2, -0.15) is 0 Å². The van der Waals surface area contributed by atoms with E-state index in [1.807, 2.05) is 0 Å². The molecule has 9 aromatic carbocycles. The van der Waals surface area contributed by atoms with Gasteiger partial charge in [0, 0.05) is 68.2 Å². The largest absolute Gasteiger partial charge is 0.310 e. The van der Waals surface area contributed by atoms with Crippen molar-refractivity contribution < 1.29 is 0 Å². The summed E-state index contributed by atoms with van der Waals surface area (Å²) < 4.78 is 0. The number of aryl methyl sites for hydroxylation is 18. The van der Waals surface area contributed by atoms with Crippen LogP contribution in [0.3, 0.4) is 0 Å². The first kappa shape index (κ1) is 53.0. The third kappa shape index (κ3) is 10.2. The van der Waals surface area contributed by atoms with Crippen LogP contribution in [0.15, 0.2) is 146 Å². The second kappa shape index (κ2) is 21.1. The zero-order valence-corrected chi connectivity index (χ0v) is 48.6. The zero-order chi connectivity index (χ0) is 54.6. The van der Waals surface area contributed by atoms with Crippen molar-refractivity contribution in [2.45, 2.75) is 125 Å². The number of hydrogen-bond donors (Lipinski definition) is 0. The van der Waals surface area contributed by atoms with E-state index in [0.29, 0.717) is 0 Å². The predicted octanol–water partition coefficient (Wildman–Crippen LogP) is 21.1. The quantitative estimate of drug-likeness (QED) is 0.121. The van der Waals surface area contributed by atoms with E-state index in [0.717, 1.165) is 68.2 Å². The summed E-state index contributed by atoms with van der Waals surface area (Å²) in [6, 6.07) is 55.7. The molecule has 0 unspecified atom stereocenters. The number of hydrogen-bond acceptors (Lipinski definition) is 4. The van der Waals surface area contributed by atoms with Gasteiger partial charge in [0.1, 0.15) is 0 Å². The van der Waals surface area contributed by atoms with E-state index >= 15 is 0 Å². The van der Waals surface area contributed by atoms with E-state index in [-0.39, 0.29) is 0 Å². The van der Waals surface area contributed by atoms with Crippen LogP contribution in [-0.4, -0.2) is 0 Å². The van der Waals surface area contributed by atoms with Crippen LogP contribution in [0, 0.1) is 125 Å². The summed E-state index contributed by atoms with van der Waals surface area (Å²) in [6.45, 7) is 40.2. The molecule has 0 aliphatic heterocycles. The Morgan fingerprint density at radius 3 is 0.434 bits per heavy atom. The van der Waals surface area contributed by atoms with E-state index in [1.54, 1.807) is 0 Å². The zero-order valence-electron chi connectivity index (χ0n) is 48.6. The smallest absolute Gasteiger partial charge is 0.0495 e. The lowest BCUT2D eigenvalue weighted by Crippen LogP contribution is -2.19. The lowest BCUT2D eigenvalue weighted by molar-refractivity contribution is 1.15. The van der Waals surface area contributed by atoms with E-state index in [4.69, 9.17) is 0 Å². The van der Waals surface area contributed by atoms with Crippen molar-refractivity contribution in [2.24, 2.45) is 0 Å². The van der Waals surface area contributed by atoms with Crippen molar-refractivity contribution in [3.05, 3.63) is 246 Å². The van der Waals surface area contributed by atoms with Crippen molar-refractivity contribution in [1.82, 2.24) is 0 Å². The Kier molecular flexibility index (Phi) is 14.7. The van der Waals surface area contributed by atoms with Gasteiger partial charge in [0.25, 0.3) is 0 Å². The molecule has 9 aromatic rings. The molecule has 9 rings (SSSR count). The summed E-state index contributed by atoms with van der Waals surface area (Å²) in [5.74, 6) is 0. The van der Waals surface area contributed by atoms with Crippen LogP contribution in [0.1, 0.15) is 100 Å². The molecule has 0 aromatic heterocycles. The number of anilines is 12. The third-order valence-electron chi connectivity index (χ3n) is 16.5. The van der Waals surface area contributed by atoms with Gasteiger partial charge in [-0.1, -0.05) is 36.4 Å². The summed E-state index contributed by atoms with van der Waals surface area (Å²) in [5.41, 5.74) is 36.3. The molecule has 0 amide bonds. The fourth-order valence-electron chi connectivity index (χ4n) is 10.7. The molecule has 4 heteroatoms. The average molecular weight is 999 g/mol. The maximum atomic E-state index is 2.55. The standard InChI is InChI=1S/C72H78N4/c1-43-19-25-61(31-49(43)7)73(62-26-20-44(2)50(8)32-62)67-37-58(16)70(40-55(67)13)76(71-41-56(14)68(38-59(71)17)74(63-27-21-45(3)51(9)33-63)64-28-22-46(4)52(10)34-64)72-42-57(15)69(39-60(72)18)75(65-29-23-47(5)53(11)35-65)66-30-24-48(6)54(12)36-66/h19-42H,1-18H3. The van der Waals surface area contributed by atoms with Gasteiger partial charge in [-0.25, -0.2) is 0 Å².